The maximum atomic E-state index is 12.7. The molecule has 0 radical (unpaired) electrons. The predicted molar refractivity (Wildman–Crippen MR) is 122 cm³/mol. The summed E-state index contributed by atoms with van der Waals surface area (Å²) in [5.74, 6) is 0.219. The Kier molecular flexibility index (Phi) is 6.97. The zero-order valence-corrected chi connectivity index (χ0v) is 19.1. The third kappa shape index (κ3) is 5.34. The lowest BCUT2D eigenvalue weighted by Crippen LogP contribution is -2.13. The van der Waals surface area contributed by atoms with E-state index in [2.05, 4.69) is 15.0 Å². The van der Waals surface area contributed by atoms with Crippen LogP contribution in [0.15, 0.2) is 69.7 Å². The number of aryl methyl sites for hydroxylation is 1. The van der Waals surface area contributed by atoms with E-state index in [9.17, 15) is 18.5 Å². The van der Waals surface area contributed by atoms with Crippen molar-refractivity contribution in [2.75, 3.05) is 11.8 Å². The van der Waals surface area contributed by atoms with Crippen LogP contribution >= 0.6 is 23.2 Å². The van der Waals surface area contributed by atoms with Gasteiger partial charge in [0.15, 0.2) is 0 Å². The minimum absolute atomic E-state index is 0.0400. The molecule has 0 bridgehead atoms. The van der Waals surface area contributed by atoms with Gasteiger partial charge in [-0.15, -0.1) is 5.11 Å². The highest BCUT2D eigenvalue weighted by Crippen LogP contribution is 2.36. The van der Waals surface area contributed by atoms with E-state index in [1.54, 1.807) is 13.0 Å². The molecule has 0 aliphatic rings. The van der Waals surface area contributed by atoms with E-state index in [0.717, 1.165) is 0 Å². The number of rotatable bonds is 7. The average Bonchev–Trinajstić information content (AvgIpc) is 2.74. The lowest BCUT2D eigenvalue weighted by Gasteiger charge is -2.14. The number of nitrogens with one attached hydrogen (secondary N) is 1. The van der Waals surface area contributed by atoms with Crippen molar-refractivity contribution in [1.82, 2.24) is 0 Å². The number of sulfonamides is 1. The molecule has 0 heterocycles. The smallest absolute Gasteiger partial charge is 0.271 e. The van der Waals surface area contributed by atoms with Gasteiger partial charge < -0.3 is 4.74 Å². The molecule has 0 saturated heterocycles. The van der Waals surface area contributed by atoms with Crippen LogP contribution in [0.25, 0.3) is 0 Å². The fraction of sp³-hybridized carbons (Fsp3) is 0.100. The summed E-state index contributed by atoms with van der Waals surface area (Å²) in [6.45, 7) is 1.71. The first kappa shape index (κ1) is 23.5. The lowest BCUT2D eigenvalue weighted by atomic mass is 10.1. The van der Waals surface area contributed by atoms with Gasteiger partial charge in [-0.25, -0.2) is 8.42 Å². The van der Waals surface area contributed by atoms with Gasteiger partial charge in [-0.1, -0.05) is 23.2 Å². The molecule has 0 spiro atoms. The van der Waals surface area contributed by atoms with E-state index >= 15 is 0 Å². The SMILES string of the molecule is COc1cc(N=Nc2ccc([N+](=O)[O-])cc2Cl)c(C)cc1NS(=O)(=O)c1ccc(Cl)cc1. The monoisotopic (exact) mass is 494 g/mol. The van der Waals surface area contributed by atoms with E-state index in [4.69, 9.17) is 27.9 Å². The molecule has 0 unspecified atom stereocenters. The summed E-state index contributed by atoms with van der Waals surface area (Å²) >= 11 is 11.9. The molecule has 0 fully saturated rings. The van der Waals surface area contributed by atoms with E-state index in [1.807, 2.05) is 0 Å². The van der Waals surface area contributed by atoms with Crippen molar-refractivity contribution >= 4 is 56.0 Å². The molecule has 166 valence electrons. The van der Waals surface area contributed by atoms with Gasteiger partial charge in [0.25, 0.3) is 15.7 Å². The Hall–Kier alpha value is -3.21. The summed E-state index contributed by atoms with van der Waals surface area (Å²) in [5, 5.41) is 19.5. The van der Waals surface area contributed by atoms with Gasteiger partial charge >= 0.3 is 0 Å². The summed E-state index contributed by atoms with van der Waals surface area (Å²) in [6.07, 6.45) is 0. The number of non-ortho nitro benzene ring substituents is 1. The van der Waals surface area contributed by atoms with E-state index in [0.29, 0.717) is 16.3 Å². The van der Waals surface area contributed by atoms with Crippen molar-refractivity contribution in [3.63, 3.8) is 0 Å². The van der Waals surface area contributed by atoms with E-state index < -0.39 is 14.9 Å². The Morgan fingerprint density at radius 1 is 1.00 bits per heavy atom. The van der Waals surface area contributed by atoms with Crippen molar-refractivity contribution in [2.24, 2.45) is 10.2 Å². The Bertz CT molecular complexity index is 1310. The minimum Gasteiger partial charge on any atom is -0.494 e. The third-order valence-electron chi connectivity index (χ3n) is 4.29. The number of anilines is 1. The zero-order chi connectivity index (χ0) is 23.5. The van der Waals surface area contributed by atoms with Crippen molar-refractivity contribution in [2.45, 2.75) is 11.8 Å². The fourth-order valence-electron chi connectivity index (χ4n) is 2.65. The Morgan fingerprint density at radius 3 is 2.25 bits per heavy atom. The molecule has 3 aromatic carbocycles. The lowest BCUT2D eigenvalue weighted by molar-refractivity contribution is -0.384. The first-order valence-corrected chi connectivity index (χ1v) is 11.2. The molecule has 9 nitrogen and oxygen atoms in total. The Labute approximate surface area is 193 Å². The summed E-state index contributed by atoms with van der Waals surface area (Å²) in [5.41, 5.74) is 1.28. The molecular weight excluding hydrogens is 479 g/mol. The van der Waals surface area contributed by atoms with Gasteiger partial charge in [-0.3, -0.25) is 14.8 Å². The maximum Gasteiger partial charge on any atom is 0.271 e. The summed E-state index contributed by atoms with van der Waals surface area (Å²) in [7, 11) is -2.49. The fourth-order valence-corrected chi connectivity index (χ4v) is 4.05. The Morgan fingerprint density at radius 2 is 1.66 bits per heavy atom. The van der Waals surface area contributed by atoms with E-state index in [1.165, 1.54) is 55.6 Å². The quantitative estimate of drug-likeness (QED) is 0.230. The topological polar surface area (TPSA) is 123 Å². The molecule has 0 amide bonds. The van der Waals surface area contributed by atoms with Gasteiger partial charge in [-0.05, 0) is 48.9 Å². The highest BCUT2D eigenvalue weighted by molar-refractivity contribution is 7.92. The maximum absolute atomic E-state index is 12.7. The van der Waals surface area contributed by atoms with Crippen LogP contribution in [0.5, 0.6) is 5.75 Å². The van der Waals surface area contributed by atoms with Gasteiger partial charge in [0.05, 0.1) is 33.3 Å². The van der Waals surface area contributed by atoms with Crippen LogP contribution in [0.4, 0.5) is 22.7 Å². The number of hydrogen-bond donors (Lipinski definition) is 1. The number of methoxy groups -OCH3 is 1. The molecule has 0 aromatic heterocycles. The van der Waals surface area contributed by atoms with Gasteiger partial charge in [0.1, 0.15) is 11.4 Å². The average molecular weight is 495 g/mol. The Balaban J connectivity index is 1.90. The van der Waals surface area contributed by atoms with Crippen molar-refractivity contribution in [3.8, 4) is 5.75 Å². The highest BCUT2D eigenvalue weighted by Gasteiger charge is 2.18. The van der Waals surface area contributed by atoms with Crippen LogP contribution in [0.1, 0.15) is 5.56 Å². The number of azo groups is 1. The van der Waals surface area contributed by atoms with Crippen LogP contribution in [-0.4, -0.2) is 20.5 Å². The summed E-state index contributed by atoms with van der Waals surface area (Å²) in [6, 6.07) is 12.6. The van der Waals surface area contributed by atoms with Crippen molar-refractivity contribution in [1.29, 1.82) is 0 Å². The van der Waals surface area contributed by atoms with Crippen molar-refractivity contribution in [3.05, 3.63) is 80.3 Å². The second kappa shape index (κ2) is 9.51. The van der Waals surface area contributed by atoms with Gasteiger partial charge in [-0.2, -0.15) is 5.11 Å². The summed E-state index contributed by atoms with van der Waals surface area (Å²) in [4.78, 5) is 10.3. The first-order valence-electron chi connectivity index (χ1n) is 8.93. The number of nitro groups is 1. The second-order valence-electron chi connectivity index (χ2n) is 6.49. The molecule has 0 aliphatic carbocycles. The molecule has 0 atom stereocenters. The minimum atomic E-state index is -3.88. The zero-order valence-electron chi connectivity index (χ0n) is 16.7. The molecule has 3 rings (SSSR count). The van der Waals surface area contributed by atoms with Gasteiger partial charge in [0, 0.05) is 23.2 Å². The third-order valence-corrected chi connectivity index (χ3v) is 6.23. The van der Waals surface area contributed by atoms with Crippen LogP contribution in [0.3, 0.4) is 0 Å². The summed E-state index contributed by atoms with van der Waals surface area (Å²) < 4.78 is 33.2. The first-order chi connectivity index (χ1) is 15.1. The normalized spacial score (nSPS) is 11.5. The molecule has 1 N–H and O–H groups in total. The van der Waals surface area contributed by atoms with Crippen LogP contribution in [0, 0.1) is 17.0 Å². The van der Waals surface area contributed by atoms with Gasteiger partial charge in [0.2, 0.25) is 0 Å². The van der Waals surface area contributed by atoms with Crippen LogP contribution < -0.4 is 9.46 Å². The molecule has 3 aromatic rings. The standard InChI is InChI=1S/C20H16Cl2N4O5S/c1-12-9-19(25-32(29,30)15-6-3-13(21)4-7-15)20(31-2)11-18(12)24-23-17-8-5-14(26(27)28)10-16(17)22/h3-11,25H,1-2H3. The number of ether oxygens (including phenoxy) is 1. The predicted octanol–water partition coefficient (Wildman–Crippen LogP) is 6.43. The van der Waals surface area contributed by atoms with Crippen molar-refractivity contribution < 1.29 is 18.1 Å². The van der Waals surface area contributed by atoms with Crippen LogP contribution in [0.2, 0.25) is 10.0 Å². The molecule has 12 heteroatoms. The highest BCUT2D eigenvalue weighted by atomic mass is 35.5. The molecular formula is C20H16Cl2N4O5S. The number of benzene rings is 3. The van der Waals surface area contributed by atoms with E-state index in [-0.39, 0.29) is 32.7 Å². The number of halogens is 2. The second-order valence-corrected chi connectivity index (χ2v) is 9.02. The molecule has 32 heavy (non-hydrogen) atoms. The number of hydrogen-bond acceptors (Lipinski definition) is 7. The molecule has 0 aliphatic heterocycles. The largest absolute Gasteiger partial charge is 0.494 e. The molecule has 0 saturated carbocycles. The number of nitrogens with zero attached hydrogens (tertiary/aromatic N) is 3. The number of nitro benzene ring substituents is 1. The van der Waals surface area contributed by atoms with Crippen LogP contribution in [-0.2, 0) is 10.0 Å².